The molecule has 1 aromatic heterocycles. The first-order valence-corrected chi connectivity index (χ1v) is 6.13. The van der Waals surface area contributed by atoms with Crippen molar-refractivity contribution in [3.63, 3.8) is 0 Å². The van der Waals surface area contributed by atoms with Crippen LogP contribution in [0.15, 0.2) is 4.42 Å². The maximum atomic E-state index is 12.2. The summed E-state index contributed by atoms with van der Waals surface area (Å²) in [7, 11) is 0. The number of hydrogen-bond donors (Lipinski definition) is 2. The zero-order valence-electron chi connectivity index (χ0n) is 10.9. The van der Waals surface area contributed by atoms with Crippen LogP contribution in [0.5, 0.6) is 0 Å². The Morgan fingerprint density at radius 3 is 2.56 bits per heavy atom. The van der Waals surface area contributed by atoms with Crippen molar-refractivity contribution in [1.82, 2.24) is 10.6 Å². The lowest BCUT2D eigenvalue weighted by Gasteiger charge is -2.23. The Labute approximate surface area is 106 Å². The Balaban J connectivity index is 2.06. The van der Waals surface area contributed by atoms with Gasteiger partial charge in [-0.3, -0.25) is 9.59 Å². The van der Waals surface area contributed by atoms with E-state index in [-0.39, 0.29) is 17.9 Å². The third-order valence-corrected chi connectivity index (χ3v) is 3.39. The van der Waals surface area contributed by atoms with E-state index in [0.717, 1.165) is 11.3 Å². The van der Waals surface area contributed by atoms with Crippen molar-refractivity contribution in [1.29, 1.82) is 0 Å². The fourth-order valence-electron chi connectivity index (χ4n) is 2.24. The van der Waals surface area contributed by atoms with Gasteiger partial charge in [-0.25, -0.2) is 0 Å². The second kappa shape index (κ2) is 4.84. The number of carbonyl (C=O) groups excluding carboxylic acids is 2. The van der Waals surface area contributed by atoms with Gasteiger partial charge >= 0.3 is 0 Å². The van der Waals surface area contributed by atoms with Crippen molar-refractivity contribution in [2.24, 2.45) is 0 Å². The fraction of sp³-hybridized carbons (Fsp3) is 0.538. The van der Waals surface area contributed by atoms with Gasteiger partial charge < -0.3 is 15.1 Å². The second-order valence-corrected chi connectivity index (χ2v) is 4.73. The number of carbonyl (C=O) groups is 2. The molecule has 0 spiro atoms. The molecule has 1 aromatic rings. The molecule has 0 aromatic carbocycles. The zero-order valence-corrected chi connectivity index (χ0v) is 10.9. The molecule has 1 aliphatic rings. The van der Waals surface area contributed by atoms with Crippen LogP contribution in [0.25, 0.3) is 0 Å². The third-order valence-electron chi connectivity index (χ3n) is 3.39. The Morgan fingerprint density at radius 2 is 2.06 bits per heavy atom. The molecule has 0 aliphatic carbocycles. The highest BCUT2D eigenvalue weighted by Crippen LogP contribution is 2.20. The van der Waals surface area contributed by atoms with E-state index < -0.39 is 0 Å². The van der Waals surface area contributed by atoms with Crippen molar-refractivity contribution in [2.75, 3.05) is 6.54 Å². The van der Waals surface area contributed by atoms with Crippen LogP contribution in [0.1, 0.15) is 40.3 Å². The Morgan fingerprint density at radius 1 is 1.33 bits per heavy atom. The minimum absolute atomic E-state index is 0.00389. The molecule has 0 bridgehead atoms. The van der Waals surface area contributed by atoms with Crippen LogP contribution in [-0.2, 0) is 4.79 Å². The Hall–Kier alpha value is -1.78. The molecule has 2 rings (SSSR count). The molecule has 1 unspecified atom stereocenters. The van der Waals surface area contributed by atoms with Crippen LogP contribution in [0.4, 0.5) is 0 Å². The van der Waals surface area contributed by atoms with Gasteiger partial charge in [0.25, 0.3) is 5.91 Å². The summed E-state index contributed by atoms with van der Waals surface area (Å²) in [6.07, 6.45) is 1.15. The highest BCUT2D eigenvalue weighted by Gasteiger charge is 2.23. The summed E-state index contributed by atoms with van der Waals surface area (Å²) in [5.41, 5.74) is 1.49. The molecule has 1 saturated heterocycles. The smallest absolute Gasteiger partial charge is 0.255 e. The van der Waals surface area contributed by atoms with Crippen LogP contribution in [0.3, 0.4) is 0 Å². The monoisotopic (exact) mass is 250 g/mol. The van der Waals surface area contributed by atoms with Gasteiger partial charge in [-0.15, -0.1) is 0 Å². The Kier molecular flexibility index (Phi) is 3.41. The molecule has 0 radical (unpaired) electrons. The minimum Gasteiger partial charge on any atom is -0.466 e. The molecular weight excluding hydrogens is 232 g/mol. The van der Waals surface area contributed by atoms with Gasteiger partial charge in [0.2, 0.25) is 5.91 Å². The van der Waals surface area contributed by atoms with E-state index in [1.165, 1.54) is 0 Å². The molecule has 2 amide bonds. The summed E-state index contributed by atoms with van der Waals surface area (Å²) >= 11 is 0. The third kappa shape index (κ3) is 2.39. The van der Waals surface area contributed by atoms with Gasteiger partial charge in [0, 0.05) is 24.6 Å². The summed E-state index contributed by atoms with van der Waals surface area (Å²) in [4.78, 5) is 23.2. The van der Waals surface area contributed by atoms with Gasteiger partial charge in [-0.1, -0.05) is 0 Å². The summed E-state index contributed by atoms with van der Waals surface area (Å²) in [5, 5.41) is 5.68. The van der Waals surface area contributed by atoms with Crippen LogP contribution in [0, 0.1) is 20.8 Å². The molecule has 2 heterocycles. The molecule has 0 saturated carbocycles. The molecule has 1 atom stereocenters. The lowest BCUT2D eigenvalue weighted by atomic mass is 10.1. The highest BCUT2D eigenvalue weighted by atomic mass is 16.3. The van der Waals surface area contributed by atoms with Gasteiger partial charge in [-0.2, -0.15) is 0 Å². The maximum Gasteiger partial charge on any atom is 0.255 e. The number of hydrogen-bond acceptors (Lipinski definition) is 3. The topological polar surface area (TPSA) is 71.3 Å². The van der Waals surface area contributed by atoms with Crippen molar-refractivity contribution in [3.05, 3.63) is 22.6 Å². The molecule has 1 aliphatic heterocycles. The summed E-state index contributed by atoms with van der Waals surface area (Å²) in [6.45, 7) is 6.01. The van der Waals surface area contributed by atoms with Gasteiger partial charge in [0.05, 0.1) is 5.56 Å². The van der Waals surface area contributed by atoms with Gasteiger partial charge in [-0.05, 0) is 27.2 Å². The molecule has 2 N–H and O–H groups in total. The first-order valence-electron chi connectivity index (χ1n) is 6.13. The number of nitrogens with one attached hydrogen (secondary N) is 2. The first-order chi connectivity index (χ1) is 8.49. The average molecular weight is 250 g/mol. The number of aryl methyl sites for hydroxylation is 2. The van der Waals surface area contributed by atoms with E-state index in [0.29, 0.717) is 30.7 Å². The standard InChI is InChI=1S/C13H18N2O3/c1-7-8(2)18-9(3)12(7)13(17)15-10-4-5-11(16)14-6-10/h10H,4-6H2,1-3H3,(H,14,16)(H,15,17). The minimum atomic E-state index is -0.122. The lowest BCUT2D eigenvalue weighted by molar-refractivity contribution is -0.122. The van der Waals surface area contributed by atoms with Crippen molar-refractivity contribution < 1.29 is 14.0 Å². The predicted octanol–water partition coefficient (Wildman–Crippen LogP) is 1.21. The Bertz CT molecular complexity index is 481. The van der Waals surface area contributed by atoms with Crippen molar-refractivity contribution >= 4 is 11.8 Å². The SMILES string of the molecule is Cc1oc(C)c(C(=O)NC2CCC(=O)NC2)c1C. The van der Waals surface area contributed by atoms with Crippen LogP contribution >= 0.6 is 0 Å². The molecular formula is C13H18N2O3. The maximum absolute atomic E-state index is 12.2. The van der Waals surface area contributed by atoms with Crippen LogP contribution in [0.2, 0.25) is 0 Å². The number of rotatable bonds is 2. The summed E-state index contributed by atoms with van der Waals surface area (Å²) < 4.78 is 5.44. The van der Waals surface area contributed by atoms with Crippen LogP contribution < -0.4 is 10.6 Å². The van der Waals surface area contributed by atoms with Gasteiger partial charge in [0.1, 0.15) is 11.5 Å². The van der Waals surface area contributed by atoms with E-state index in [4.69, 9.17) is 4.42 Å². The fourth-order valence-corrected chi connectivity index (χ4v) is 2.24. The van der Waals surface area contributed by atoms with Crippen LogP contribution in [-0.4, -0.2) is 24.4 Å². The van der Waals surface area contributed by atoms with Gasteiger partial charge in [0.15, 0.2) is 0 Å². The normalized spacial score (nSPS) is 19.5. The quantitative estimate of drug-likeness (QED) is 0.828. The van der Waals surface area contributed by atoms with E-state index >= 15 is 0 Å². The molecule has 5 heteroatoms. The highest BCUT2D eigenvalue weighted by molar-refractivity contribution is 5.97. The van der Waals surface area contributed by atoms with E-state index in [9.17, 15) is 9.59 Å². The van der Waals surface area contributed by atoms with Crippen molar-refractivity contribution in [3.8, 4) is 0 Å². The predicted molar refractivity (Wildman–Crippen MR) is 66.4 cm³/mol. The molecule has 1 fully saturated rings. The lowest BCUT2D eigenvalue weighted by Crippen LogP contribution is -2.47. The van der Waals surface area contributed by atoms with E-state index in [1.807, 2.05) is 13.8 Å². The van der Waals surface area contributed by atoms with Crippen molar-refractivity contribution in [2.45, 2.75) is 39.7 Å². The molecule has 98 valence electrons. The first kappa shape index (κ1) is 12.7. The van der Waals surface area contributed by atoms with E-state index in [1.54, 1.807) is 6.92 Å². The number of furan rings is 1. The largest absolute Gasteiger partial charge is 0.466 e. The summed E-state index contributed by atoms with van der Waals surface area (Å²) in [6, 6.07) is 0.00389. The number of amides is 2. The summed E-state index contributed by atoms with van der Waals surface area (Å²) in [5.74, 6) is 1.34. The average Bonchev–Trinajstić information content (AvgIpc) is 2.56. The zero-order chi connectivity index (χ0) is 13.3. The van der Waals surface area contributed by atoms with E-state index in [2.05, 4.69) is 10.6 Å². The second-order valence-electron chi connectivity index (χ2n) is 4.73. The molecule has 18 heavy (non-hydrogen) atoms. The molecule has 5 nitrogen and oxygen atoms in total. The number of piperidine rings is 1.